The van der Waals surface area contributed by atoms with Gasteiger partial charge in [0.25, 0.3) is 0 Å². The lowest BCUT2D eigenvalue weighted by Gasteiger charge is -2.26. The number of nitrogens with zero attached hydrogens (tertiary/aromatic N) is 1. The topological polar surface area (TPSA) is 106 Å². The molecular formula is C19H20N2O6S. The number of aromatic nitrogens is 1. The largest absolute Gasteiger partial charge is 0.454 e. The maximum atomic E-state index is 12.6. The molecule has 0 spiro atoms. The molecule has 0 radical (unpaired) electrons. The van der Waals surface area contributed by atoms with Gasteiger partial charge >= 0.3 is 5.97 Å². The summed E-state index contributed by atoms with van der Waals surface area (Å²) in [5, 5.41) is 0. The van der Waals surface area contributed by atoms with Crippen molar-refractivity contribution in [1.29, 1.82) is 0 Å². The Bertz CT molecular complexity index is 943. The number of ketones is 1. The van der Waals surface area contributed by atoms with Crippen molar-refractivity contribution in [2.45, 2.75) is 4.90 Å². The van der Waals surface area contributed by atoms with E-state index < -0.39 is 16.0 Å². The summed E-state index contributed by atoms with van der Waals surface area (Å²) >= 11 is 0. The fraction of sp³-hybridized carbons (Fsp3) is 0.263. The van der Waals surface area contributed by atoms with Crippen LogP contribution in [0.3, 0.4) is 0 Å². The van der Waals surface area contributed by atoms with E-state index in [1.165, 1.54) is 28.6 Å². The molecule has 0 aliphatic carbocycles. The fourth-order valence-corrected chi connectivity index (χ4v) is 4.03. The highest BCUT2D eigenvalue weighted by Crippen LogP contribution is 2.18. The third-order valence-electron chi connectivity index (χ3n) is 4.14. The lowest BCUT2D eigenvalue weighted by molar-refractivity contribution is -0.136. The molecular weight excluding hydrogens is 384 g/mol. The molecule has 0 amide bonds. The Hall–Kier alpha value is -2.75. The van der Waals surface area contributed by atoms with Crippen molar-refractivity contribution in [3.05, 3.63) is 59.9 Å². The van der Waals surface area contributed by atoms with Gasteiger partial charge in [-0.3, -0.25) is 4.79 Å². The van der Waals surface area contributed by atoms with E-state index in [1.54, 1.807) is 30.5 Å². The number of carbonyl (C=O) groups is 2. The number of rotatable bonds is 7. The number of carbonyl (C=O) groups excluding carboxylic acids is 2. The van der Waals surface area contributed by atoms with Crippen LogP contribution in [0.15, 0.2) is 53.6 Å². The minimum absolute atomic E-state index is 0.186. The first-order chi connectivity index (χ1) is 13.5. The summed E-state index contributed by atoms with van der Waals surface area (Å²) < 4.78 is 36.6. The van der Waals surface area contributed by atoms with Gasteiger partial charge in [-0.25, -0.2) is 13.2 Å². The lowest BCUT2D eigenvalue weighted by Crippen LogP contribution is -2.40. The number of nitrogens with one attached hydrogen (secondary N) is 1. The van der Waals surface area contributed by atoms with Crippen molar-refractivity contribution in [1.82, 2.24) is 9.29 Å². The number of esters is 1. The van der Waals surface area contributed by atoms with Crippen LogP contribution in [0.4, 0.5) is 0 Å². The standard InChI is InChI=1S/C19H20N2O6S/c22-18(17-2-1-9-20-17)14-27-19(23)8-5-15-3-6-16(7-4-15)28(24,25)21-10-12-26-13-11-21/h1-9,20H,10-14H2/b8-5+. The maximum Gasteiger partial charge on any atom is 0.331 e. The summed E-state index contributed by atoms with van der Waals surface area (Å²) in [6.45, 7) is 1.07. The van der Waals surface area contributed by atoms with Gasteiger partial charge in [-0.2, -0.15) is 4.31 Å². The van der Waals surface area contributed by atoms with Gasteiger partial charge in [0.05, 0.1) is 23.8 Å². The van der Waals surface area contributed by atoms with Crippen molar-refractivity contribution in [3.8, 4) is 0 Å². The highest BCUT2D eigenvalue weighted by Gasteiger charge is 2.25. The van der Waals surface area contributed by atoms with Crippen molar-refractivity contribution in [2.75, 3.05) is 32.9 Å². The predicted octanol–water partition coefficient (Wildman–Crippen LogP) is 1.47. The summed E-state index contributed by atoms with van der Waals surface area (Å²) in [6, 6.07) is 9.45. The average molecular weight is 404 g/mol. The van der Waals surface area contributed by atoms with Crippen LogP contribution in [0.1, 0.15) is 16.1 Å². The first-order valence-corrected chi connectivity index (χ1v) is 10.1. The fourth-order valence-electron chi connectivity index (χ4n) is 2.62. The molecule has 8 nitrogen and oxygen atoms in total. The number of hydrogen-bond donors (Lipinski definition) is 1. The molecule has 1 aromatic heterocycles. The zero-order valence-electron chi connectivity index (χ0n) is 15.0. The lowest BCUT2D eigenvalue weighted by atomic mass is 10.2. The summed E-state index contributed by atoms with van der Waals surface area (Å²) in [7, 11) is -3.55. The van der Waals surface area contributed by atoms with Crippen LogP contribution in [0.5, 0.6) is 0 Å². The van der Waals surface area contributed by atoms with Gasteiger partial charge in [-0.05, 0) is 35.9 Å². The number of Topliss-reactive ketones (excluding diaryl/α,β-unsaturated/α-hetero) is 1. The van der Waals surface area contributed by atoms with E-state index >= 15 is 0 Å². The first kappa shape index (κ1) is 20.0. The highest BCUT2D eigenvalue weighted by molar-refractivity contribution is 7.89. The van der Waals surface area contributed by atoms with E-state index in [2.05, 4.69) is 4.98 Å². The molecule has 2 heterocycles. The molecule has 0 bridgehead atoms. The van der Waals surface area contributed by atoms with Crippen LogP contribution >= 0.6 is 0 Å². The van der Waals surface area contributed by atoms with Crippen LogP contribution in [0.25, 0.3) is 6.08 Å². The summed E-state index contributed by atoms with van der Waals surface area (Å²) in [5.41, 5.74) is 1.00. The zero-order chi connectivity index (χ0) is 20.0. The van der Waals surface area contributed by atoms with Gasteiger partial charge in [0.15, 0.2) is 6.61 Å². The van der Waals surface area contributed by atoms with Crippen LogP contribution in [-0.4, -0.2) is 62.4 Å². The molecule has 2 aromatic rings. The quantitative estimate of drug-likeness (QED) is 0.426. The van der Waals surface area contributed by atoms with Gasteiger partial charge in [0.1, 0.15) is 0 Å². The monoisotopic (exact) mass is 404 g/mol. The molecule has 9 heteroatoms. The molecule has 1 N–H and O–H groups in total. The third-order valence-corrected chi connectivity index (χ3v) is 6.06. The van der Waals surface area contributed by atoms with Crippen molar-refractivity contribution in [3.63, 3.8) is 0 Å². The molecule has 1 aliphatic heterocycles. The smallest absolute Gasteiger partial charge is 0.331 e. The van der Waals surface area contributed by atoms with Gasteiger partial charge in [-0.15, -0.1) is 0 Å². The van der Waals surface area contributed by atoms with Crippen LogP contribution in [0, 0.1) is 0 Å². The second-order valence-corrected chi connectivity index (χ2v) is 7.97. The van der Waals surface area contributed by atoms with E-state index in [0.29, 0.717) is 37.6 Å². The SMILES string of the molecule is O=C(/C=C/c1ccc(S(=O)(=O)N2CCOCC2)cc1)OCC(=O)c1ccc[nH]1. The van der Waals surface area contributed by atoms with Gasteiger partial charge < -0.3 is 14.5 Å². The van der Waals surface area contributed by atoms with Crippen LogP contribution < -0.4 is 0 Å². The van der Waals surface area contributed by atoms with Crippen LogP contribution in [0.2, 0.25) is 0 Å². The maximum absolute atomic E-state index is 12.6. The Balaban J connectivity index is 1.56. The molecule has 0 atom stereocenters. The minimum atomic E-state index is -3.55. The van der Waals surface area contributed by atoms with E-state index in [9.17, 15) is 18.0 Å². The Labute approximate surface area is 162 Å². The number of H-pyrrole nitrogens is 1. The van der Waals surface area contributed by atoms with E-state index in [4.69, 9.17) is 9.47 Å². The average Bonchev–Trinajstić information content (AvgIpc) is 3.26. The van der Waals surface area contributed by atoms with Crippen molar-refractivity contribution in [2.24, 2.45) is 0 Å². The predicted molar refractivity (Wildman–Crippen MR) is 101 cm³/mol. The van der Waals surface area contributed by atoms with E-state index in [0.717, 1.165) is 0 Å². The Kier molecular flexibility index (Phi) is 6.40. The van der Waals surface area contributed by atoms with Crippen molar-refractivity contribution >= 4 is 27.9 Å². The van der Waals surface area contributed by atoms with E-state index in [1.807, 2.05) is 0 Å². The minimum Gasteiger partial charge on any atom is -0.454 e. The molecule has 1 aromatic carbocycles. The second kappa shape index (κ2) is 8.96. The number of hydrogen-bond acceptors (Lipinski definition) is 6. The van der Waals surface area contributed by atoms with Crippen molar-refractivity contribution < 1.29 is 27.5 Å². The van der Waals surface area contributed by atoms with Gasteiger partial charge in [-0.1, -0.05) is 12.1 Å². The molecule has 1 aliphatic rings. The number of aromatic amines is 1. The number of benzene rings is 1. The molecule has 3 rings (SSSR count). The molecule has 1 saturated heterocycles. The Morgan fingerprint density at radius 1 is 1.14 bits per heavy atom. The van der Waals surface area contributed by atoms with Gasteiger partial charge in [0, 0.05) is 25.4 Å². The Morgan fingerprint density at radius 3 is 2.50 bits per heavy atom. The number of ether oxygens (including phenoxy) is 2. The Morgan fingerprint density at radius 2 is 1.86 bits per heavy atom. The first-order valence-electron chi connectivity index (χ1n) is 8.66. The molecule has 148 valence electrons. The van der Waals surface area contributed by atoms with Crippen LogP contribution in [-0.2, 0) is 24.3 Å². The summed E-state index contributed by atoms with van der Waals surface area (Å²) in [6.07, 6.45) is 4.29. The molecule has 0 unspecified atom stereocenters. The van der Waals surface area contributed by atoms with Gasteiger partial charge in [0.2, 0.25) is 15.8 Å². The number of morpholine rings is 1. The summed E-state index contributed by atoms with van der Waals surface area (Å²) in [4.78, 5) is 26.4. The summed E-state index contributed by atoms with van der Waals surface area (Å²) in [5.74, 6) is -0.991. The zero-order valence-corrected chi connectivity index (χ0v) is 15.9. The van der Waals surface area contributed by atoms with E-state index in [-0.39, 0.29) is 17.3 Å². The molecule has 28 heavy (non-hydrogen) atoms. The molecule has 0 saturated carbocycles. The highest BCUT2D eigenvalue weighted by atomic mass is 32.2. The third kappa shape index (κ3) is 4.94. The normalized spacial score (nSPS) is 15.6. The second-order valence-electron chi connectivity index (χ2n) is 6.03. The number of sulfonamides is 1. The molecule has 1 fully saturated rings.